The molecule has 0 N–H and O–H groups in total. The molecule has 0 fully saturated rings. The van der Waals surface area contributed by atoms with Gasteiger partial charge in [0.2, 0.25) is 0 Å². The predicted molar refractivity (Wildman–Crippen MR) is 161 cm³/mol. The van der Waals surface area contributed by atoms with Gasteiger partial charge in [0.1, 0.15) is 22.3 Å². The molecule has 0 saturated carbocycles. The van der Waals surface area contributed by atoms with E-state index >= 15 is 0 Å². The number of fused-ring (bicyclic) bond motifs is 7. The standard InChI is InChI=1S/C36H23NO2/c1-3-10-25(11-4-1)37(26-12-5-2-6-13-26)27-20-18-24(19-21-27)28-15-9-16-29-30-22-23-33-34(36(30)39-35(28)29)31-14-7-8-17-32(31)38-33/h1-23H. The fourth-order valence-corrected chi connectivity index (χ4v) is 5.68. The zero-order valence-electron chi connectivity index (χ0n) is 21.0. The summed E-state index contributed by atoms with van der Waals surface area (Å²) in [5, 5.41) is 4.31. The second-order valence-electron chi connectivity index (χ2n) is 9.75. The number of hydrogen-bond donors (Lipinski definition) is 0. The van der Waals surface area contributed by atoms with Crippen molar-refractivity contribution in [2.75, 3.05) is 4.90 Å². The molecule has 8 aromatic rings. The normalized spacial score (nSPS) is 11.6. The smallest absolute Gasteiger partial charge is 0.147 e. The number of hydrogen-bond acceptors (Lipinski definition) is 3. The van der Waals surface area contributed by atoms with Crippen molar-refractivity contribution < 1.29 is 8.83 Å². The van der Waals surface area contributed by atoms with Crippen molar-refractivity contribution >= 4 is 60.9 Å². The fourth-order valence-electron chi connectivity index (χ4n) is 5.68. The Morgan fingerprint density at radius 3 is 1.74 bits per heavy atom. The first-order chi connectivity index (χ1) is 19.3. The minimum atomic E-state index is 0.843. The Morgan fingerprint density at radius 1 is 0.385 bits per heavy atom. The van der Waals surface area contributed by atoms with Crippen molar-refractivity contribution in [1.82, 2.24) is 0 Å². The Bertz CT molecular complexity index is 2060. The Morgan fingerprint density at radius 2 is 1.00 bits per heavy atom. The van der Waals surface area contributed by atoms with Gasteiger partial charge in [-0.3, -0.25) is 0 Å². The van der Waals surface area contributed by atoms with E-state index in [1.807, 2.05) is 30.3 Å². The van der Waals surface area contributed by atoms with Gasteiger partial charge in [-0.05, 0) is 60.2 Å². The largest absolute Gasteiger partial charge is 0.456 e. The highest BCUT2D eigenvalue weighted by molar-refractivity contribution is 6.23. The number of rotatable bonds is 4. The molecule has 2 aromatic heterocycles. The number of para-hydroxylation sites is 4. The molecule has 8 rings (SSSR count). The maximum absolute atomic E-state index is 6.66. The van der Waals surface area contributed by atoms with Crippen LogP contribution in [0.3, 0.4) is 0 Å². The molecule has 0 atom stereocenters. The van der Waals surface area contributed by atoms with E-state index in [1.54, 1.807) is 0 Å². The van der Waals surface area contributed by atoms with Crippen molar-refractivity contribution in [3.8, 4) is 11.1 Å². The third-order valence-corrected chi connectivity index (χ3v) is 7.47. The summed E-state index contributed by atoms with van der Waals surface area (Å²) < 4.78 is 12.8. The highest BCUT2D eigenvalue weighted by Gasteiger charge is 2.18. The van der Waals surface area contributed by atoms with Crippen LogP contribution in [0.5, 0.6) is 0 Å². The molecule has 2 heterocycles. The van der Waals surface area contributed by atoms with Gasteiger partial charge in [-0.1, -0.05) is 84.9 Å². The molecule has 0 saturated heterocycles. The van der Waals surface area contributed by atoms with Crippen LogP contribution >= 0.6 is 0 Å². The number of benzene rings is 6. The van der Waals surface area contributed by atoms with Crippen LogP contribution in [-0.2, 0) is 0 Å². The average molecular weight is 502 g/mol. The van der Waals surface area contributed by atoms with E-state index in [0.29, 0.717) is 0 Å². The summed E-state index contributed by atoms with van der Waals surface area (Å²) in [6.07, 6.45) is 0. The topological polar surface area (TPSA) is 29.5 Å². The molecule has 6 aromatic carbocycles. The van der Waals surface area contributed by atoms with E-state index in [0.717, 1.165) is 72.1 Å². The zero-order chi connectivity index (χ0) is 25.8. The van der Waals surface area contributed by atoms with Gasteiger partial charge in [0.05, 0.1) is 5.39 Å². The molecule has 184 valence electrons. The molecule has 0 spiro atoms. The minimum Gasteiger partial charge on any atom is -0.456 e. The Balaban J connectivity index is 1.28. The Hall–Kier alpha value is -5.28. The van der Waals surface area contributed by atoms with E-state index < -0.39 is 0 Å². The highest BCUT2D eigenvalue weighted by atomic mass is 16.3. The first-order valence-corrected chi connectivity index (χ1v) is 13.1. The van der Waals surface area contributed by atoms with Gasteiger partial charge in [0.15, 0.2) is 0 Å². The first kappa shape index (κ1) is 21.8. The van der Waals surface area contributed by atoms with E-state index in [1.165, 1.54) is 0 Å². The van der Waals surface area contributed by atoms with Gasteiger partial charge in [0, 0.05) is 38.8 Å². The summed E-state index contributed by atoms with van der Waals surface area (Å²) in [6.45, 7) is 0. The van der Waals surface area contributed by atoms with Gasteiger partial charge < -0.3 is 13.7 Å². The molecule has 3 heteroatoms. The maximum Gasteiger partial charge on any atom is 0.147 e. The molecular weight excluding hydrogens is 478 g/mol. The van der Waals surface area contributed by atoms with Crippen LogP contribution in [0, 0.1) is 0 Å². The second-order valence-corrected chi connectivity index (χ2v) is 9.75. The summed E-state index contributed by atoms with van der Waals surface area (Å²) in [5.41, 5.74) is 8.99. The van der Waals surface area contributed by atoms with Gasteiger partial charge >= 0.3 is 0 Å². The van der Waals surface area contributed by atoms with Crippen molar-refractivity contribution in [2.45, 2.75) is 0 Å². The number of furan rings is 2. The molecule has 0 bridgehead atoms. The van der Waals surface area contributed by atoms with E-state index in [4.69, 9.17) is 8.83 Å². The van der Waals surface area contributed by atoms with Crippen LogP contribution in [0.4, 0.5) is 17.1 Å². The number of nitrogens with zero attached hydrogens (tertiary/aromatic N) is 1. The monoisotopic (exact) mass is 501 g/mol. The molecule has 0 aliphatic heterocycles. The first-order valence-electron chi connectivity index (χ1n) is 13.1. The third-order valence-electron chi connectivity index (χ3n) is 7.47. The van der Waals surface area contributed by atoms with Gasteiger partial charge in [-0.2, -0.15) is 0 Å². The Labute approximate surface area is 225 Å². The van der Waals surface area contributed by atoms with E-state index in [-0.39, 0.29) is 0 Å². The van der Waals surface area contributed by atoms with Gasteiger partial charge in [-0.25, -0.2) is 0 Å². The molecule has 0 aliphatic carbocycles. The van der Waals surface area contributed by atoms with Crippen LogP contribution in [0.15, 0.2) is 148 Å². The van der Waals surface area contributed by atoms with Crippen molar-refractivity contribution in [1.29, 1.82) is 0 Å². The quantitative estimate of drug-likeness (QED) is 0.240. The SMILES string of the molecule is c1ccc(N(c2ccccc2)c2ccc(-c3cccc4c3oc3c4ccc4oc5ccccc5c43)cc2)cc1. The van der Waals surface area contributed by atoms with Crippen LogP contribution in [0.2, 0.25) is 0 Å². The van der Waals surface area contributed by atoms with Crippen LogP contribution in [-0.4, -0.2) is 0 Å². The molecule has 3 nitrogen and oxygen atoms in total. The summed E-state index contributed by atoms with van der Waals surface area (Å²) in [7, 11) is 0. The predicted octanol–water partition coefficient (Wildman–Crippen LogP) is 10.6. The lowest BCUT2D eigenvalue weighted by Gasteiger charge is -2.25. The molecule has 0 aliphatic rings. The van der Waals surface area contributed by atoms with Crippen molar-refractivity contribution in [3.05, 3.63) is 140 Å². The lowest BCUT2D eigenvalue weighted by molar-refractivity contribution is 0.663. The van der Waals surface area contributed by atoms with Crippen molar-refractivity contribution in [3.63, 3.8) is 0 Å². The minimum absolute atomic E-state index is 0.843. The summed E-state index contributed by atoms with van der Waals surface area (Å²) in [4.78, 5) is 2.27. The summed E-state index contributed by atoms with van der Waals surface area (Å²) in [5.74, 6) is 0. The fraction of sp³-hybridized carbons (Fsp3) is 0. The van der Waals surface area contributed by atoms with Gasteiger partial charge in [0.25, 0.3) is 0 Å². The molecular formula is C36H23NO2. The summed E-state index contributed by atoms with van der Waals surface area (Å²) in [6, 6.07) is 48.3. The van der Waals surface area contributed by atoms with Crippen LogP contribution < -0.4 is 4.90 Å². The molecule has 0 unspecified atom stereocenters. The highest BCUT2D eigenvalue weighted by Crippen LogP contribution is 2.42. The van der Waals surface area contributed by atoms with E-state index in [2.05, 4.69) is 114 Å². The third kappa shape index (κ3) is 3.44. The zero-order valence-corrected chi connectivity index (χ0v) is 21.0. The Kier molecular flexibility index (Phi) is 4.82. The molecule has 0 amide bonds. The lowest BCUT2D eigenvalue weighted by atomic mass is 10.0. The van der Waals surface area contributed by atoms with Gasteiger partial charge in [-0.15, -0.1) is 0 Å². The van der Waals surface area contributed by atoms with Crippen LogP contribution in [0.1, 0.15) is 0 Å². The average Bonchev–Trinajstić information content (AvgIpc) is 3.57. The molecule has 39 heavy (non-hydrogen) atoms. The molecule has 0 radical (unpaired) electrons. The van der Waals surface area contributed by atoms with Crippen LogP contribution in [0.25, 0.3) is 55.0 Å². The summed E-state index contributed by atoms with van der Waals surface area (Å²) >= 11 is 0. The lowest BCUT2D eigenvalue weighted by Crippen LogP contribution is -2.09. The number of anilines is 3. The van der Waals surface area contributed by atoms with E-state index in [9.17, 15) is 0 Å². The second kappa shape index (κ2) is 8.64. The maximum atomic E-state index is 6.66. The van der Waals surface area contributed by atoms with Crippen molar-refractivity contribution in [2.24, 2.45) is 0 Å².